The summed E-state index contributed by atoms with van der Waals surface area (Å²) in [4.78, 5) is 1.10. The van der Waals surface area contributed by atoms with E-state index in [9.17, 15) is 8.42 Å². The molecule has 0 N–H and O–H groups in total. The van der Waals surface area contributed by atoms with Crippen LogP contribution in [0.15, 0.2) is 17.5 Å². The Kier molecular flexibility index (Phi) is 4.42. The van der Waals surface area contributed by atoms with Crippen LogP contribution in [0.3, 0.4) is 0 Å². The van der Waals surface area contributed by atoms with Crippen molar-refractivity contribution in [3.8, 4) is 0 Å². The largest absolute Gasteiger partial charge is 0.282 e. The highest BCUT2D eigenvalue weighted by Crippen LogP contribution is 2.28. The molecule has 4 nitrogen and oxygen atoms in total. The Hall–Kier alpha value is -0.430. The maximum Gasteiger partial charge on any atom is 0.282 e. The Morgan fingerprint density at radius 3 is 2.50 bits per heavy atom. The minimum Gasteiger partial charge on any atom is -0.195 e. The van der Waals surface area contributed by atoms with Gasteiger partial charge in [-0.1, -0.05) is 18.9 Å². The molecule has 0 spiro atoms. The second kappa shape index (κ2) is 5.69. The van der Waals surface area contributed by atoms with Gasteiger partial charge < -0.3 is 0 Å². The van der Waals surface area contributed by atoms with Crippen LogP contribution >= 0.6 is 11.3 Å². The molecule has 0 aromatic carbocycles. The first-order valence-electron chi connectivity index (χ1n) is 6.23. The van der Waals surface area contributed by atoms with Crippen molar-refractivity contribution in [3.05, 3.63) is 22.4 Å². The van der Waals surface area contributed by atoms with E-state index in [2.05, 4.69) is 0 Å². The Morgan fingerprint density at radius 1 is 1.33 bits per heavy atom. The summed E-state index contributed by atoms with van der Waals surface area (Å²) < 4.78 is 27.8. The third-order valence-electron chi connectivity index (χ3n) is 3.38. The maximum atomic E-state index is 12.4. The van der Waals surface area contributed by atoms with E-state index in [4.69, 9.17) is 0 Å². The second-order valence-electron chi connectivity index (χ2n) is 4.85. The molecule has 1 aromatic heterocycles. The maximum absolute atomic E-state index is 12.4. The summed E-state index contributed by atoms with van der Waals surface area (Å²) in [6.45, 7) is 0.503. The molecule has 0 amide bonds. The molecule has 1 saturated carbocycles. The van der Waals surface area contributed by atoms with Crippen molar-refractivity contribution in [2.75, 3.05) is 14.1 Å². The topological polar surface area (TPSA) is 40.6 Å². The number of rotatable bonds is 5. The molecule has 102 valence electrons. The monoisotopic (exact) mass is 288 g/mol. The lowest BCUT2D eigenvalue weighted by Gasteiger charge is -2.30. The van der Waals surface area contributed by atoms with E-state index < -0.39 is 10.2 Å². The van der Waals surface area contributed by atoms with Crippen molar-refractivity contribution in [2.24, 2.45) is 0 Å². The number of thiophene rings is 1. The van der Waals surface area contributed by atoms with Gasteiger partial charge in [0.05, 0.1) is 0 Å². The van der Waals surface area contributed by atoms with Gasteiger partial charge in [0.15, 0.2) is 0 Å². The molecule has 0 aliphatic heterocycles. The molecule has 1 aromatic rings. The van der Waals surface area contributed by atoms with E-state index in [1.54, 1.807) is 29.7 Å². The third-order valence-corrected chi connectivity index (χ3v) is 6.19. The van der Waals surface area contributed by atoms with Gasteiger partial charge in [0.2, 0.25) is 0 Å². The fraction of sp³-hybridized carbons (Fsp3) is 0.667. The van der Waals surface area contributed by atoms with Crippen LogP contribution in [-0.2, 0) is 16.8 Å². The summed E-state index contributed by atoms with van der Waals surface area (Å²) in [5.41, 5.74) is 0. The zero-order chi connectivity index (χ0) is 13.2. The van der Waals surface area contributed by atoms with Crippen molar-refractivity contribution in [2.45, 2.75) is 38.3 Å². The zero-order valence-corrected chi connectivity index (χ0v) is 12.5. The smallest absolute Gasteiger partial charge is 0.195 e. The predicted octanol–water partition coefficient (Wildman–Crippen LogP) is 2.30. The molecular formula is C12H20N2O2S2. The summed E-state index contributed by atoms with van der Waals surface area (Å²) in [7, 11) is -0.119. The summed E-state index contributed by atoms with van der Waals surface area (Å²) in [6.07, 6.45) is 4.24. The lowest BCUT2D eigenvalue weighted by atomic mass is 10.2. The number of hydrogen-bond acceptors (Lipinski definition) is 3. The van der Waals surface area contributed by atoms with E-state index in [1.165, 1.54) is 4.31 Å². The second-order valence-corrected chi connectivity index (χ2v) is 7.98. The molecule has 0 atom stereocenters. The SMILES string of the molecule is CN(C)S(=O)(=O)N(Cc1cccs1)C1CCCC1. The Bertz CT molecular complexity index is 462. The molecule has 0 unspecified atom stereocenters. The van der Waals surface area contributed by atoms with Crippen molar-refractivity contribution in [1.82, 2.24) is 8.61 Å². The van der Waals surface area contributed by atoms with Gasteiger partial charge in [-0.3, -0.25) is 0 Å². The summed E-state index contributed by atoms with van der Waals surface area (Å²) in [5, 5.41) is 1.99. The minimum atomic E-state index is -3.33. The lowest BCUT2D eigenvalue weighted by Crippen LogP contribution is -2.44. The van der Waals surface area contributed by atoms with E-state index in [0.717, 1.165) is 30.6 Å². The fourth-order valence-corrected chi connectivity index (χ4v) is 4.45. The van der Waals surface area contributed by atoms with Crippen LogP contribution in [0.4, 0.5) is 0 Å². The summed E-state index contributed by atoms with van der Waals surface area (Å²) in [6, 6.07) is 4.13. The average molecular weight is 288 g/mol. The molecule has 1 heterocycles. The Labute approximate surface area is 113 Å². The van der Waals surface area contributed by atoms with Crippen molar-refractivity contribution < 1.29 is 8.42 Å². The van der Waals surface area contributed by atoms with Crippen molar-refractivity contribution in [3.63, 3.8) is 0 Å². The van der Waals surface area contributed by atoms with Crippen LogP contribution < -0.4 is 0 Å². The van der Waals surface area contributed by atoms with Gasteiger partial charge in [0, 0.05) is 31.6 Å². The van der Waals surface area contributed by atoms with E-state index >= 15 is 0 Å². The third kappa shape index (κ3) is 2.93. The molecule has 0 saturated heterocycles. The number of hydrogen-bond donors (Lipinski definition) is 0. The van der Waals surface area contributed by atoms with Gasteiger partial charge in [0.1, 0.15) is 0 Å². The average Bonchev–Trinajstić information content (AvgIpc) is 2.98. The first-order chi connectivity index (χ1) is 8.51. The molecule has 18 heavy (non-hydrogen) atoms. The van der Waals surface area contributed by atoms with Gasteiger partial charge in [-0.15, -0.1) is 11.3 Å². The van der Waals surface area contributed by atoms with Crippen LogP contribution in [0.5, 0.6) is 0 Å². The van der Waals surface area contributed by atoms with Crippen LogP contribution in [-0.4, -0.2) is 37.2 Å². The van der Waals surface area contributed by atoms with Crippen molar-refractivity contribution >= 4 is 21.5 Å². The first kappa shape index (κ1) is 14.0. The van der Waals surface area contributed by atoms with Gasteiger partial charge in [-0.05, 0) is 24.3 Å². The first-order valence-corrected chi connectivity index (χ1v) is 8.51. The normalized spacial score (nSPS) is 18.0. The Morgan fingerprint density at radius 2 is 2.00 bits per heavy atom. The molecule has 1 aliphatic carbocycles. The van der Waals surface area contributed by atoms with Crippen LogP contribution in [0.2, 0.25) is 0 Å². The minimum absolute atomic E-state index is 0.166. The van der Waals surface area contributed by atoms with E-state index in [1.807, 2.05) is 17.5 Å². The highest BCUT2D eigenvalue weighted by Gasteiger charge is 2.33. The van der Waals surface area contributed by atoms with E-state index in [0.29, 0.717) is 6.54 Å². The summed E-state index contributed by atoms with van der Waals surface area (Å²) in [5.74, 6) is 0. The highest BCUT2D eigenvalue weighted by molar-refractivity contribution is 7.86. The van der Waals surface area contributed by atoms with Gasteiger partial charge in [-0.2, -0.15) is 17.0 Å². The van der Waals surface area contributed by atoms with Crippen LogP contribution in [0, 0.1) is 0 Å². The molecule has 6 heteroatoms. The van der Waals surface area contributed by atoms with Crippen LogP contribution in [0.25, 0.3) is 0 Å². The predicted molar refractivity (Wildman–Crippen MR) is 74.7 cm³/mol. The zero-order valence-electron chi connectivity index (χ0n) is 10.9. The highest BCUT2D eigenvalue weighted by atomic mass is 32.2. The van der Waals surface area contributed by atoms with Gasteiger partial charge >= 0.3 is 0 Å². The molecular weight excluding hydrogens is 268 g/mol. The van der Waals surface area contributed by atoms with Gasteiger partial charge in [-0.25, -0.2) is 0 Å². The quantitative estimate of drug-likeness (QED) is 0.834. The molecule has 1 aliphatic rings. The van der Waals surface area contributed by atoms with Crippen molar-refractivity contribution in [1.29, 1.82) is 0 Å². The molecule has 0 radical (unpaired) electrons. The fourth-order valence-electron chi connectivity index (χ4n) is 2.36. The Balaban J connectivity index is 2.22. The molecule has 2 rings (SSSR count). The molecule has 0 bridgehead atoms. The summed E-state index contributed by atoms with van der Waals surface area (Å²) >= 11 is 1.61. The van der Waals surface area contributed by atoms with E-state index in [-0.39, 0.29) is 6.04 Å². The number of nitrogens with zero attached hydrogens (tertiary/aromatic N) is 2. The molecule has 1 fully saturated rings. The van der Waals surface area contributed by atoms with Gasteiger partial charge in [0.25, 0.3) is 10.2 Å². The van der Waals surface area contributed by atoms with Crippen LogP contribution in [0.1, 0.15) is 30.6 Å². The standard InChI is InChI=1S/C12H20N2O2S2/c1-13(2)18(15,16)14(11-6-3-4-7-11)10-12-8-5-9-17-12/h5,8-9,11H,3-4,6-7,10H2,1-2H3. The lowest BCUT2D eigenvalue weighted by molar-refractivity contribution is 0.297.